The highest BCUT2D eigenvalue weighted by atomic mass is 35.5. The van der Waals surface area contributed by atoms with Crippen molar-refractivity contribution in [1.82, 2.24) is 5.32 Å². The minimum Gasteiger partial charge on any atom is -0.349 e. The topological polar surface area (TPSA) is 62.6 Å². The summed E-state index contributed by atoms with van der Waals surface area (Å²) in [7, 11) is 0. The van der Waals surface area contributed by atoms with Crippen LogP contribution in [0.15, 0.2) is 18.2 Å². The summed E-state index contributed by atoms with van der Waals surface area (Å²) in [5.41, 5.74) is 1.66. The SMILES string of the molecule is CC[C@H](C)NC(=O)C[NH+](CC)CC(=O)Nc1cc(Cl)ccc1C. The molecule has 0 fully saturated rings. The molecule has 2 amide bonds. The van der Waals surface area contributed by atoms with E-state index in [4.69, 9.17) is 11.6 Å². The van der Waals surface area contributed by atoms with Crippen molar-refractivity contribution in [1.29, 1.82) is 0 Å². The zero-order valence-corrected chi connectivity index (χ0v) is 15.1. The van der Waals surface area contributed by atoms with E-state index in [1.54, 1.807) is 12.1 Å². The molecule has 0 heterocycles. The van der Waals surface area contributed by atoms with Gasteiger partial charge >= 0.3 is 0 Å². The van der Waals surface area contributed by atoms with Crippen LogP contribution in [0.25, 0.3) is 0 Å². The summed E-state index contributed by atoms with van der Waals surface area (Å²) >= 11 is 5.95. The molecule has 0 aliphatic heterocycles. The van der Waals surface area contributed by atoms with Gasteiger partial charge in [-0.3, -0.25) is 9.59 Å². The number of halogens is 1. The molecule has 0 spiro atoms. The molecule has 0 aromatic heterocycles. The number of hydrogen-bond acceptors (Lipinski definition) is 2. The number of aryl methyl sites for hydroxylation is 1. The molecule has 0 saturated heterocycles. The number of amides is 2. The average Bonchev–Trinajstić information content (AvgIpc) is 2.49. The quantitative estimate of drug-likeness (QED) is 0.670. The number of hydrogen-bond donors (Lipinski definition) is 3. The Morgan fingerprint density at radius 1 is 1.22 bits per heavy atom. The van der Waals surface area contributed by atoms with Crippen molar-refractivity contribution in [2.75, 3.05) is 25.0 Å². The highest BCUT2D eigenvalue weighted by molar-refractivity contribution is 6.31. The summed E-state index contributed by atoms with van der Waals surface area (Å²) in [6, 6.07) is 5.54. The van der Waals surface area contributed by atoms with Crippen LogP contribution in [0.1, 0.15) is 32.8 Å². The largest absolute Gasteiger partial charge is 0.349 e. The first kappa shape index (κ1) is 19.5. The van der Waals surface area contributed by atoms with Gasteiger partial charge in [-0.15, -0.1) is 0 Å². The Bertz CT molecular complexity index is 549. The lowest BCUT2D eigenvalue weighted by Crippen LogP contribution is -3.14. The van der Waals surface area contributed by atoms with Gasteiger partial charge in [-0.05, 0) is 44.9 Å². The average molecular weight is 341 g/mol. The second kappa shape index (κ2) is 9.53. The van der Waals surface area contributed by atoms with Gasteiger partial charge in [0.25, 0.3) is 11.8 Å². The van der Waals surface area contributed by atoms with Crippen LogP contribution in [-0.2, 0) is 9.59 Å². The first-order valence-corrected chi connectivity index (χ1v) is 8.42. The molecule has 2 atom stereocenters. The van der Waals surface area contributed by atoms with Gasteiger partial charge in [-0.25, -0.2) is 0 Å². The predicted octanol–water partition coefficient (Wildman–Crippen LogP) is 1.41. The van der Waals surface area contributed by atoms with Gasteiger partial charge < -0.3 is 15.5 Å². The molecule has 128 valence electrons. The van der Waals surface area contributed by atoms with Crippen molar-refractivity contribution < 1.29 is 14.5 Å². The third-order valence-corrected chi connectivity index (χ3v) is 4.05. The molecule has 1 rings (SSSR count). The summed E-state index contributed by atoms with van der Waals surface area (Å²) in [6.07, 6.45) is 0.891. The van der Waals surface area contributed by atoms with Gasteiger partial charge in [0.2, 0.25) is 0 Å². The van der Waals surface area contributed by atoms with E-state index in [9.17, 15) is 9.59 Å². The number of likely N-dealkylation sites (N-methyl/N-ethyl adjacent to an activating group) is 1. The molecule has 1 aromatic rings. The normalized spacial score (nSPS) is 13.3. The van der Waals surface area contributed by atoms with Crippen LogP contribution in [0.5, 0.6) is 0 Å². The fourth-order valence-electron chi connectivity index (χ4n) is 2.12. The molecule has 6 heteroatoms. The molecule has 1 aromatic carbocycles. The van der Waals surface area contributed by atoms with Gasteiger partial charge in [0.15, 0.2) is 13.1 Å². The Morgan fingerprint density at radius 2 is 1.87 bits per heavy atom. The zero-order chi connectivity index (χ0) is 17.4. The maximum atomic E-state index is 12.2. The van der Waals surface area contributed by atoms with Gasteiger partial charge in [0.1, 0.15) is 0 Å². The molecule has 0 saturated carbocycles. The molecule has 0 aliphatic carbocycles. The first-order valence-electron chi connectivity index (χ1n) is 8.04. The first-order chi connectivity index (χ1) is 10.8. The number of quaternary nitrogens is 1. The van der Waals surface area contributed by atoms with Crippen molar-refractivity contribution in [2.45, 2.75) is 40.2 Å². The van der Waals surface area contributed by atoms with E-state index in [1.807, 2.05) is 33.8 Å². The third kappa shape index (κ3) is 7.01. The number of carbonyl (C=O) groups is 2. The second-order valence-electron chi connectivity index (χ2n) is 5.84. The van der Waals surface area contributed by atoms with Crippen molar-refractivity contribution in [3.63, 3.8) is 0 Å². The number of nitrogens with one attached hydrogen (secondary N) is 3. The van der Waals surface area contributed by atoms with Crippen molar-refractivity contribution >= 4 is 29.1 Å². The van der Waals surface area contributed by atoms with Gasteiger partial charge in [-0.1, -0.05) is 24.6 Å². The van der Waals surface area contributed by atoms with Gasteiger partial charge in [0, 0.05) is 16.8 Å². The van der Waals surface area contributed by atoms with E-state index in [0.717, 1.165) is 16.9 Å². The van der Waals surface area contributed by atoms with E-state index in [-0.39, 0.29) is 24.4 Å². The van der Waals surface area contributed by atoms with E-state index in [2.05, 4.69) is 10.6 Å². The summed E-state index contributed by atoms with van der Waals surface area (Å²) in [5.74, 6) is -0.147. The fourth-order valence-corrected chi connectivity index (χ4v) is 2.29. The van der Waals surface area contributed by atoms with Crippen LogP contribution in [0, 0.1) is 6.92 Å². The number of carbonyl (C=O) groups excluding carboxylic acids is 2. The van der Waals surface area contributed by atoms with Crippen LogP contribution in [0.2, 0.25) is 5.02 Å². The fraction of sp³-hybridized carbons (Fsp3) is 0.529. The monoisotopic (exact) mass is 340 g/mol. The second-order valence-corrected chi connectivity index (χ2v) is 6.28. The Balaban J connectivity index is 2.56. The lowest BCUT2D eigenvalue weighted by Gasteiger charge is -2.19. The number of rotatable bonds is 8. The van der Waals surface area contributed by atoms with Crippen LogP contribution >= 0.6 is 11.6 Å². The van der Waals surface area contributed by atoms with Gasteiger partial charge in [-0.2, -0.15) is 0 Å². The smallest absolute Gasteiger partial charge is 0.279 e. The van der Waals surface area contributed by atoms with Crippen LogP contribution < -0.4 is 15.5 Å². The molecular weight excluding hydrogens is 314 g/mol. The maximum absolute atomic E-state index is 12.2. The summed E-state index contributed by atoms with van der Waals surface area (Å²) in [4.78, 5) is 25.1. The minimum atomic E-state index is -0.122. The Labute approximate surface area is 143 Å². The highest BCUT2D eigenvalue weighted by Crippen LogP contribution is 2.19. The van der Waals surface area contributed by atoms with E-state index in [1.165, 1.54) is 0 Å². The third-order valence-electron chi connectivity index (χ3n) is 3.81. The number of anilines is 1. The highest BCUT2D eigenvalue weighted by Gasteiger charge is 2.18. The van der Waals surface area contributed by atoms with Gasteiger partial charge in [0.05, 0.1) is 6.54 Å². The van der Waals surface area contributed by atoms with Crippen molar-refractivity contribution in [2.24, 2.45) is 0 Å². The molecule has 0 bridgehead atoms. The predicted molar refractivity (Wildman–Crippen MR) is 94.0 cm³/mol. The number of benzene rings is 1. The molecule has 5 nitrogen and oxygen atoms in total. The van der Waals surface area contributed by atoms with Crippen LogP contribution in [-0.4, -0.2) is 37.5 Å². The maximum Gasteiger partial charge on any atom is 0.279 e. The van der Waals surface area contributed by atoms with E-state index < -0.39 is 0 Å². The lowest BCUT2D eigenvalue weighted by atomic mass is 10.2. The van der Waals surface area contributed by atoms with Crippen molar-refractivity contribution in [3.8, 4) is 0 Å². The summed E-state index contributed by atoms with van der Waals surface area (Å²) in [6.45, 7) is 9.11. The Morgan fingerprint density at radius 3 is 2.48 bits per heavy atom. The summed E-state index contributed by atoms with van der Waals surface area (Å²) in [5, 5.41) is 6.37. The van der Waals surface area contributed by atoms with Crippen LogP contribution in [0.3, 0.4) is 0 Å². The molecule has 3 N–H and O–H groups in total. The molecular formula is C17H27ClN3O2+. The lowest BCUT2D eigenvalue weighted by molar-refractivity contribution is -0.881. The Hall–Kier alpha value is -1.59. The van der Waals surface area contributed by atoms with E-state index >= 15 is 0 Å². The molecule has 23 heavy (non-hydrogen) atoms. The molecule has 0 radical (unpaired) electrons. The summed E-state index contributed by atoms with van der Waals surface area (Å²) < 4.78 is 0. The Kier molecular flexibility index (Phi) is 8.06. The molecule has 0 aliphatic rings. The van der Waals surface area contributed by atoms with Crippen LogP contribution in [0.4, 0.5) is 5.69 Å². The minimum absolute atomic E-state index is 0.0251. The van der Waals surface area contributed by atoms with E-state index in [0.29, 0.717) is 23.8 Å². The zero-order valence-electron chi connectivity index (χ0n) is 14.3. The van der Waals surface area contributed by atoms with Crippen molar-refractivity contribution in [3.05, 3.63) is 28.8 Å². The standard InChI is InChI=1S/C17H26ClN3O2/c1-5-13(4)19-16(22)10-21(6-2)11-17(23)20-15-9-14(18)8-7-12(15)3/h7-9,13H,5-6,10-11H2,1-4H3,(H,19,22)(H,20,23)/p+1/t13-/m0/s1. The molecule has 1 unspecified atom stereocenters.